The molecule has 0 aromatic rings. The third-order valence-corrected chi connectivity index (χ3v) is 2.81. The van der Waals surface area contributed by atoms with Gasteiger partial charge in [-0.3, -0.25) is 4.79 Å². The van der Waals surface area contributed by atoms with E-state index in [1.54, 1.807) is 7.11 Å². The van der Waals surface area contributed by atoms with Gasteiger partial charge in [-0.1, -0.05) is 0 Å². The third-order valence-electron chi connectivity index (χ3n) is 2.81. The van der Waals surface area contributed by atoms with E-state index in [-0.39, 0.29) is 12.0 Å². The maximum absolute atomic E-state index is 11.6. The minimum absolute atomic E-state index is 0.215. The van der Waals surface area contributed by atoms with Crippen molar-refractivity contribution in [3.63, 3.8) is 0 Å². The number of nitrogens with zero attached hydrogens (tertiary/aromatic N) is 1. The average Bonchev–Trinajstić information content (AvgIpc) is 2.77. The second-order valence-corrected chi connectivity index (χ2v) is 4.09. The Morgan fingerprint density at radius 2 is 2.13 bits per heavy atom. The van der Waals surface area contributed by atoms with Crippen molar-refractivity contribution in [3.05, 3.63) is 0 Å². The highest BCUT2D eigenvalue weighted by molar-refractivity contribution is 5.76. The SMILES string of the molecule is COC(C)CNCCC(=O)N1CCCC1. The van der Waals surface area contributed by atoms with E-state index in [1.807, 2.05) is 11.8 Å². The number of hydrogen-bond donors (Lipinski definition) is 1. The molecule has 1 amide bonds. The molecule has 1 aliphatic rings. The molecule has 1 atom stereocenters. The summed E-state index contributed by atoms with van der Waals surface area (Å²) in [6.07, 6.45) is 3.16. The first-order chi connectivity index (χ1) is 7.24. The normalized spacial score (nSPS) is 18.1. The van der Waals surface area contributed by atoms with Crippen molar-refractivity contribution in [2.45, 2.75) is 32.3 Å². The van der Waals surface area contributed by atoms with E-state index in [4.69, 9.17) is 4.74 Å². The zero-order valence-corrected chi connectivity index (χ0v) is 9.79. The van der Waals surface area contributed by atoms with E-state index in [9.17, 15) is 4.79 Å². The topological polar surface area (TPSA) is 41.6 Å². The monoisotopic (exact) mass is 214 g/mol. The molecule has 15 heavy (non-hydrogen) atoms. The van der Waals surface area contributed by atoms with E-state index in [0.29, 0.717) is 6.42 Å². The van der Waals surface area contributed by atoms with Crippen LogP contribution in [0.4, 0.5) is 0 Å². The van der Waals surface area contributed by atoms with Crippen LogP contribution in [0.3, 0.4) is 0 Å². The van der Waals surface area contributed by atoms with Crippen LogP contribution in [-0.4, -0.2) is 50.2 Å². The predicted octanol–water partition coefficient (Wildman–Crippen LogP) is 0.623. The van der Waals surface area contributed by atoms with Gasteiger partial charge in [0.1, 0.15) is 0 Å². The lowest BCUT2D eigenvalue weighted by Gasteiger charge is -2.16. The molecule has 0 aromatic carbocycles. The van der Waals surface area contributed by atoms with Crippen LogP contribution in [-0.2, 0) is 9.53 Å². The summed E-state index contributed by atoms with van der Waals surface area (Å²) in [6.45, 7) is 5.47. The zero-order chi connectivity index (χ0) is 11.1. The van der Waals surface area contributed by atoms with Gasteiger partial charge in [-0.15, -0.1) is 0 Å². The van der Waals surface area contributed by atoms with Gasteiger partial charge in [-0.05, 0) is 19.8 Å². The van der Waals surface area contributed by atoms with Gasteiger partial charge in [0.25, 0.3) is 0 Å². The third kappa shape index (κ3) is 4.62. The van der Waals surface area contributed by atoms with Gasteiger partial charge in [-0.2, -0.15) is 0 Å². The molecule has 88 valence electrons. The molecule has 1 unspecified atom stereocenters. The molecule has 0 saturated carbocycles. The molecule has 4 nitrogen and oxygen atoms in total. The first-order valence-corrected chi connectivity index (χ1v) is 5.75. The maximum Gasteiger partial charge on any atom is 0.223 e. The van der Waals surface area contributed by atoms with Gasteiger partial charge in [0.2, 0.25) is 5.91 Å². The minimum atomic E-state index is 0.215. The van der Waals surface area contributed by atoms with Crippen LogP contribution in [0.1, 0.15) is 26.2 Å². The molecule has 0 aliphatic carbocycles. The number of amides is 1. The van der Waals surface area contributed by atoms with Crippen LogP contribution in [0.15, 0.2) is 0 Å². The fourth-order valence-corrected chi connectivity index (χ4v) is 1.71. The maximum atomic E-state index is 11.6. The Kier molecular flexibility index (Phi) is 5.65. The highest BCUT2D eigenvalue weighted by Crippen LogP contribution is 2.08. The van der Waals surface area contributed by atoms with Crippen LogP contribution in [0, 0.1) is 0 Å². The molecule has 1 aliphatic heterocycles. The molecule has 1 fully saturated rings. The van der Waals surface area contributed by atoms with E-state index in [0.717, 1.165) is 26.2 Å². The van der Waals surface area contributed by atoms with Crippen molar-refractivity contribution in [1.82, 2.24) is 10.2 Å². The summed E-state index contributed by atoms with van der Waals surface area (Å²) in [5.41, 5.74) is 0. The van der Waals surface area contributed by atoms with Crippen molar-refractivity contribution in [3.8, 4) is 0 Å². The van der Waals surface area contributed by atoms with Crippen molar-refractivity contribution in [2.75, 3.05) is 33.3 Å². The quantitative estimate of drug-likeness (QED) is 0.659. The summed E-state index contributed by atoms with van der Waals surface area (Å²) >= 11 is 0. The summed E-state index contributed by atoms with van der Waals surface area (Å²) in [7, 11) is 1.70. The fraction of sp³-hybridized carbons (Fsp3) is 0.909. The first-order valence-electron chi connectivity index (χ1n) is 5.75. The van der Waals surface area contributed by atoms with Gasteiger partial charge < -0.3 is 15.0 Å². The molecule has 0 radical (unpaired) electrons. The number of methoxy groups -OCH3 is 1. The van der Waals surface area contributed by atoms with Gasteiger partial charge >= 0.3 is 0 Å². The molecule has 4 heteroatoms. The van der Waals surface area contributed by atoms with E-state index in [2.05, 4.69) is 5.32 Å². The summed E-state index contributed by atoms with van der Waals surface area (Å²) in [5, 5.41) is 3.22. The molecule has 1 saturated heterocycles. The van der Waals surface area contributed by atoms with Crippen molar-refractivity contribution >= 4 is 5.91 Å². The Labute approximate surface area is 92.0 Å². The van der Waals surface area contributed by atoms with E-state index >= 15 is 0 Å². The number of hydrogen-bond acceptors (Lipinski definition) is 3. The molecular weight excluding hydrogens is 192 g/mol. The second kappa shape index (κ2) is 6.80. The number of nitrogens with one attached hydrogen (secondary N) is 1. The average molecular weight is 214 g/mol. The molecule has 0 aromatic heterocycles. The van der Waals surface area contributed by atoms with Crippen LogP contribution in [0.5, 0.6) is 0 Å². The van der Waals surface area contributed by atoms with Crippen molar-refractivity contribution in [2.24, 2.45) is 0 Å². The Bertz CT molecular complexity index is 191. The molecule has 0 spiro atoms. The smallest absolute Gasteiger partial charge is 0.223 e. The Morgan fingerprint density at radius 1 is 1.47 bits per heavy atom. The fourth-order valence-electron chi connectivity index (χ4n) is 1.71. The Hall–Kier alpha value is -0.610. The summed E-state index contributed by atoms with van der Waals surface area (Å²) in [6, 6.07) is 0. The van der Waals surface area contributed by atoms with Crippen molar-refractivity contribution in [1.29, 1.82) is 0 Å². The largest absolute Gasteiger partial charge is 0.380 e. The number of carbonyl (C=O) groups is 1. The molecular formula is C11H22N2O2. The summed E-state index contributed by atoms with van der Waals surface area (Å²) < 4.78 is 5.10. The Balaban J connectivity index is 2.01. The summed E-state index contributed by atoms with van der Waals surface area (Å²) in [5.74, 6) is 0.282. The van der Waals surface area contributed by atoms with Gasteiger partial charge in [0, 0.05) is 39.7 Å². The standard InChI is InChI=1S/C11H22N2O2/c1-10(15-2)9-12-6-5-11(14)13-7-3-4-8-13/h10,12H,3-9H2,1-2H3. The van der Waals surface area contributed by atoms with Crippen LogP contribution >= 0.6 is 0 Å². The van der Waals surface area contributed by atoms with E-state index < -0.39 is 0 Å². The predicted molar refractivity (Wildman–Crippen MR) is 59.8 cm³/mol. The lowest BCUT2D eigenvalue weighted by Crippen LogP contribution is -2.33. The molecule has 1 heterocycles. The van der Waals surface area contributed by atoms with Gasteiger partial charge in [0.15, 0.2) is 0 Å². The molecule has 1 rings (SSSR count). The number of likely N-dealkylation sites (tertiary alicyclic amines) is 1. The van der Waals surface area contributed by atoms with Crippen LogP contribution < -0.4 is 5.32 Å². The van der Waals surface area contributed by atoms with Crippen LogP contribution in [0.25, 0.3) is 0 Å². The first kappa shape index (κ1) is 12.5. The molecule has 1 N–H and O–H groups in total. The highest BCUT2D eigenvalue weighted by Gasteiger charge is 2.16. The van der Waals surface area contributed by atoms with Crippen molar-refractivity contribution < 1.29 is 9.53 Å². The zero-order valence-electron chi connectivity index (χ0n) is 9.79. The second-order valence-electron chi connectivity index (χ2n) is 4.09. The van der Waals surface area contributed by atoms with Crippen LogP contribution in [0.2, 0.25) is 0 Å². The lowest BCUT2D eigenvalue weighted by molar-refractivity contribution is -0.130. The Morgan fingerprint density at radius 3 is 2.73 bits per heavy atom. The molecule has 0 bridgehead atoms. The summed E-state index contributed by atoms with van der Waals surface area (Å²) in [4.78, 5) is 13.6. The number of carbonyl (C=O) groups excluding carboxylic acids is 1. The minimum Gasteiger partial charge on any atom is -0.380 e. The highest BCUT2D eigenvalue weighted by atomic mass is 16.5. The number of ether oxygens (including phenoxy) is 1. The lowest BCUT2D eigenvalue weighted by atomic mass is 10.3. The van der Waals surface area contributed by atoms with Gasteiger partial charge in [-0.25, -0.2) is 0 Å². The number of rotatable bonds is 6. The van der Waals surface area contributed by atoms with Gasteiger partial charge in [0.05, 0.1) is 6.10 Å². The van der Waals surface area contributed by atoms with E-state index in [1.165, 1.54) is 12.8 Å².